The summed E-state index contributed by atoms with van der Waals surface area (Å²) >= 11 is 3.34. The van der Waals surface area contributed by atoms with E-state index in [-0.39, 0.29) is 11.4 Å². The second-order valence-corrected chi connectivity index (χ2v) is 6.48. The molecule has 3 amide bonds. The monoisotopic (exact) mass is 341 g/mol. The third kappa shape index (κ3) is 6.06. The fourth-order valence-corrected chi connectivity index (χ4v) is 1.72. The lowest BCUT2D eigenvalue weighted by Crippen LogP contribution is -2.51. The summed E-state index contributed by atoms with van der Waals surface area (Å²) in [5, 5.41) is 8.00. The normalized spacial score (nSPS) is 12.4. The number of amides is 3. The Morgan fingerprint density at radius 2 is 1.70 bits per heavy atom. The molecule has 0 bridgehead atoms. The molecular weight excluding hydrogens is 322 g/mol. The zero-order valence-corrected chi connectivity index (χ0v) is 13.7. The maximum atomic E-state index is 11.9. The first-order chi connectivity index (χ1) is 9.17. The Morgan fingerprint density at radius 3 is 2.20 bits per heavy atom. The van der Waals surface area contributed by atoms with E-state index in [4.69, 9.17) is 0 Å². The summed E-state index contributed by atoms with van der Waals surface area (Å²) in [7, 11) is 0. The van der Waals surface area contributed by atoms with Gasteiger partial charge in [0.25, 0.3) is 0 Å². The Balaban J connectivity index is 2.51. The van der Waals surface area contributed by atoms with Crippen LogP contribution in [0.1, 0.15) is 27.7 Å². The summed E-state index contributed by atoms with van der Waals surface area (Å²) in [6.45, 7) is 7.24. The summed E-state index contributed by atoms with van der Waals surface area (Å²) in [6, 6.07) is 6.44. The number of urea groups is 1. The molecule has 5 nitrogen and oxygen atoms in total. The van der Waals surface area contributed by atoms with Crippen molar-refractivity contribution in [2.75, 3.05) is 5.32 Å². The van der Waals surface area contributed by atoms with Crippen LogP contribution in [0.2, 0.25) is 0 Å². The van der Waals surface area contributed by atoms with Gasteiger partial charge in [-0.15, -0.1) is 0 Å². The zero-order valence-electron chi connectivity index (χ0n) is 12.1. The molecular formula is C14H20BrN3O2. The number of nitrogens with one attached hydrogen (secondary N) is 3. The predicted octanol–water partition coefficient (Wildman–Crippen LogP) is 2.87. The number of carbonyl (C=O) groups is 2. The highest BCUT2D eigenvalue weighted by molar-refractivity contribution is 9.10. The van der Waals surface area contributed by atoms with Crippen molar-refractivity contribution in [3.63, 3.8) is 0 Å². The first-order valence-corrected chi connectivity index (χ1v) is 7.12. The van der Waals surface area contributed by atoms with E-state index < -0.39 is 12.1 Å². The second-order valence-electron chi connectivity index (χ2n) is 5.57. The molecule has 0 fully saturated rings. The third-order valence-electron chi connectivity index (χ3n) is 2.35. The minimum atomic E-state index is -0.512. The highest BCUT2D eigenvalue weighted by atomic mass is 79.9. The molecule has 20 heavy (non-hydrogen) atoms. The van der Waals surface area contributed by atoms with E-state index in [1.165, 1.54) is 0 Å². The van der Waals surface area contributed by atoms with Gasteiger partial charge in [0.2, 0.25) is 5.91 Å². The van der Waals surface area contributed by atoms with Gasteiger partial charge in [-0.25, -0.2) is 4.79 Å². The van der Waals surface area contributed by atoms with Crippen molar-refractivity contribution >= 4 is 33.6 Å². The Labute approximate surface area is 127 Å². The van der Waals surface area contributed by atoms with Gasteiger partial charge in [0.05, 0.1) is 0 Å². The molecule has 0 radical (unpaired) electrons. The van der Waals surface area contributed by atoms with Crippen LogP contribution in [0.25, 0.3) is 0 Å². The molecule has 0 saturated carbocycles. The van der Waals surface area contributed by atoms with Crippen LogP contribution >= 0.6 is 15.9 Å². The summed E-state index contributed by atoms with van der Waals surface area (Å²) in [5.41, 5.74) is 0.430. The molecule has 110 valence electrons. The maximum absolute atomic E-state index is 11.9. The number of hydrogen-bond donors (Lipinski definition) is 3. The van der Waals surface area contributed by atoms with Crippen LogP contribution in [-0.4, -0.2) is 23.5 Å². The van der Waals surface area contributed by atoms with Crippen LogP contribution in [0.5, 0.6) is 0 Å². The van der Waals surface area contributed by atoms with Gasteiger partial charge in [-0.1, -0.05) is 15.9 Å². The molecule has 1 aromatic carbocycles. The quantitative estimate of drug-likeness (QED) is 0.791. The smallest absolute Gasteiger partial charge is 0.321 e. The van der Waals surface area contributed by atoms with Gasteiger partial charge in [-0.2, -0.15) is 0 Å². The minimum Gasteiger partial charge on any atom is -0.374 e. The van der Waals surface area contributed by atoms with Gasteiger partial charge in [0.1, 0.15) is 6.04 Å². The second kappa shape index (κ2) is 6.74. The Kier molecular flexibility index (Phi) is 5.56. The number of anilines is 1. The van der Waals surface area contributed by atoms with E-state index in [0.29, 0.717) is 0 Å². The molecule has 6 heteroatoms. The van der Waals surface area contributed by atoms with Crippen LogP contribution in [0, 0.1) is 0 Å². The molecule has 0 spiro atoms. The van der Waals surface area contributed by atoms with Crippen molar-refractivity contribution < 1.29 is 9.59 Å². The van der Waals surface area contributed by atoms with Crippen molar-refractivity contribution in [3.05, 3.63) is 28.7 Å². The minimum absolute atomic E-state index is 0.380. The number of rotatable bonds is 3. The molecule has 1 rings (SSSR count). The fourth-order valence-electron chi connectivity index (χ4n) is 1.45. The van der Waals surface area contributed by atoms with Crippen LogP contribution in [-0.2, 0) is 4.79 Å². The van der Waals surface area contributed by atoms with E-state index in [2.05, 4.69) is 31.9 Å². The van der Waals surface area contributed by atoms with E-state index in [0.717, 1.165) is 10.2 Å². The van der Waals surface area contributed by atoms with Gasteiger partial charge in [-0.05, 0) is 52.0 Å². The molecule has 0 aliphatic heterocycles. The maximum Gasteiger partial charge on any atom is 0.321 e. The van der Waals surface area contributed by atoms with Gasteiger partial charge in [0, 0.05) is 15.7 Å². The molecule has 0 aliphatic rings. The Hall–Kier alpha value is -1.56. The highest BCUT2D eigenvalue weighted by Gasteiger charge is 2.19. The summed E-state index contributed by atoms with van der Waals surface area (Å²) in [5.74, 6) is -0.380. The average molecular weight is 342 g/mol. The SMILES string of the molecule is C[C@H](Nc1ccc(Br)cc1)C(=O)NC(=O)NC(C)(C)C. The number of imide groups is 1. The molecule has 0 heterocycles. The fraction of sp³-hybridized carbons (Fsp3) is 0.429. The van der Waals surface area contributed by atoms with E-state index in [1.807, 2.05) is 45.0 Å². The van der Waals surface area contributed by atoms with E-state index in [1.54, 1.807) is 6.92 Å². The summed E-state index contributed by atoms with van der Waals surface area (Å²) < 4.78 is 0.963. The topological polar surface area (TPSA) is 70.2 Å². The largest absolute Gasteiger partial charge is 0.374 e. The van der Waals surface area contributed by atoms with E-state index in [9.17, 15) is 9.59 Å². The van der Waals surface area contributed by atoms with Gasteiger partial charge in [0.15, 0.2) is 0 Å². The summed E-state index contributed by atoms with van der Waals surface area (Å²) in [4.78, 5) is 23.5. The highest BCUT2D eigenvalue weighted by Crippen LogP contribution is 2.14. The van der Waals surface area contributed by atoms with Gasteiger partial charge >= 0.3 is 6.03 Å². The molecule has 0 saturated heterocycles. The predicted molar refractivity (Wildman–Crippen MR) is 83.7 cm³/mol. The Bertz CT molecular complexity index is 480. The van der Waals surface area contributed by atoms with Crippen molar-refractivity contribution in [2.45, 2.75) is 39.3 Å². The van der Waals surface area contributed by atoms with Crippen molar-refractivity contribution in [1.29, 1.82) is 0 Å². The van der Waals surface area contributed by atoms with Gasteiger partial charge < -0.3 is 10.6 Å². The molecule has 1 atom stereocenters. The number of carbonyl (C=O) groups excluding carboxylic acids is 2. The molecule has 1 aromatic rings. The molecule has 0 aromatic heterocycles. The van der Waals surface area contributed by atoms with Crippen molar-refractivity contribution in [2.24, 2.45) is 0 Å². The lowest BCUT2D eigenvalue weighted by molar-refractivity contribution is -0.120. The lowest BCUT2D eigenvalue weighted by atomic mass is 10.1. The number of hydrogen-bond acceptors (Lipinski definition) is 3. The molecule has 0 unspecified atom stereocenters. The van der Waals surface area contributed by atoms with Gasteiger partial charge in [-0.3, -0.25) is 10.1 Å². The molecule has 3 N–H and O–H groups in total. The van der Waals surface area contributed by atoms with Crippen molar-refractivity contribution in [3.8, 4) is 0 Å². The van der Waals surface area contributed by atoms with Crippen LogP contribution in [0.3, 0.4) is 0 Å². The van der Waals surface area contributed by atoms with E-state index >= 15 is 0 Å². The molecule has 0 aliphatic carbocycles. The van der Waals surface area contributed by atoms with Crippen LogP contribution in [0.4, 0.5) is 10.5 Å². The average Bonchev–Trinajstić information content (AvgIpc) is 2.29. The Morgan fingerprint density at radius 1 is 1.15 bits per heavy atom. The van der Waals surface area contributed by atoms with Crippen LogP contribution < -0.4 is 16.0 Å². The zero-order chi connectivity index (χ0) is 15.3. The summed E-state index contributed by atoms with van der Waals surface area (Å²) in [6.07, 6.45) is 0. The lowest BCUT2D eigenvalue weighted by Gasteiger charge is -2.21. The standard InChI is InChI=1S/C14H20BrN3O2/c1-9(16-11-7-5-10(15)6-8-11)12(19)17-13(20)18-14(2,3)4/h5-9,16H,1-4H3,(H2,17,18,19,20)/t9-/m0/s1. The first kappa shape index (κ1) is 16.5. The third-order valence-corrected chi connectivity index (χ3v) is 2.87. The van der Waals surface area contributed by atoms with Crippen molar-refractivity contribution in [1.82, 2.24) is 10.6 Å². The van der Waals surface area contributed by atoms with Crippen LogP contribution in [0.15, 0.2) is 28.7 Å². The first-order valence-electron chi connectivity index (χ1n) is 6.32. The number of halogens is 1. The number of benzene rings is 1.